The summed E-state index contributed by atoms with van der Waals surface area (Å²) in [7, 11) is -1.69. The van der Waals surface area contributed by atoms with Gasteiger partial charge in [-0.05, 0) is 33.0 Å². The molecule has 0 aromatic heterocycles. The van der Waals surface area contributed by atoms with E-state index >= 15 is 0 Å². The van der Waals surface area contributed by atoms with E-state index in [0.717, 1.165) is 0 Å². The van der Waals surface area contributed by atoms with Crippen LogP contribution in [0.3, 0.4) is 0 Å². The number of hydrogen-bond acceptors (Lipinski definition) is 4. The Morgan fingerprint density at radius 2 is 1.71 bits per heavy atom. The first-order chi connectivity index (χ1) is 9.66. The molecule has 1 heterocycles. The van der Waals surface area contributed by atoms with Gasteiger partial charge in [0.1, 0.15) is 4.90 Å². The zero-order valence-electron chi connectivity index (χ0n) is 12.2. The van der Waals surface area contributed by atoms with Crippen LogP contribution in [0.15, 0.2) is 17.0 Å². The fraction of sp³-hybridized carbons (Fsp3) is 0.538. The number of hydrogen-bond donors (Lipinski definition) is 1. The largest absolute Gasteiger partial charge is 0.396 e. The van der Waals surface area contributed by atoms with Gasteiger partial charge in [0.25, 0.3) is 0 Å². The maximum absolute atomic E-state index is 12.8. The van der Waals surface area contributed by atoms with Crippen LogP contribution >= 0.6 is 23.2 Å². The molecule has 8 heteroatoms. The molecule has 0 spiro atoms. The van der Waals surface area contributed by atoms with Crippen molar-refractivity contribution in [1.82, 2.24) is 9.21 Å². The van der Waals surface area contributed by atoms with Crippen LogP contribution in [0.25, 0.3) is 0 Å². The molecular weight excluding hydrogens is 333 g/mol. The third-order valence-electron chi connectivity index (χ3n) is 4.04. The van der Waals surface area contributed by atoms with Gasteiger partial charge in [0, 0.05) is 25.2 Å². The predicted molar refractivity (Wildman–Crippen MR) is 86.3 cm³/mol. The van der Waals surface area contributed by atoms with Crippen LogP contribution in [0.2, 0.25) is 10.0 Å². The molecule has 1 saturated heterocycles. The summed E-state index contributed by atoms with van der Waals surface area (Å²) in [5.74, 6) is 0. The van der Waals surface area contributed by atoms with Crippen LogP contribution in [0.5, 0.6) is 0 Å². The number of halogens is 2. The lowest BCUT2D eigenvalue weighted by Gasteiger charge is -2.41. The van der Waals surface area contributed by atoms with Crippen molar-refractivity contribution in [2.45, 2.75) is 30.8 Å². The summed E-state index contributed by atoms with van der Waals surface area (Å²) < 4.78 is 27.0. The van der Waals surface area contributed by atoms with E-state index in [2.05, 4.69) is 4.90 Å². The predicted octanol–water partition coefficient (Wildman–Crippen LogP) is 2.29. The Bertz CT molecular complexity index is 639. The van der Waals surface area contributed by atoms with Crippen molar-refractivity contribution in [3.63, 3.8) is 0 Å². The van der Waals surface area contributed by atoms with Gasteiger partial charge in [0.05, 0.1) is 15.7 Å². The van der Waals surface area contributed by atoms with E-state index < -0.39 is 10.0 Å². The molecule has 1 fully saturated rings. The maximum atomic E-state index is 12.8. The monoisotopic (exact) mass is 351 g/mol. The minimum atomic E-state index is -3.69. The Balaban J connectivity index is 2.42. The van der Waals surface area contributed by atoms with Crippen LogP contribution in [-0.2, 0) is 10.0 Å². The summed E-state index contributed by atoms with van der Waals surface area (Å²) >= 11 is 11.9. The molecule has 2 unspecified atom stereocenters. The highest BCUT2D eigenvalue weighted by molar-refractivity contribution is 7.89. The number of likely N-dealkylation sites (N-methyl/N-ethyl adjacent to an activating group) is 1. The highest BCUT2D eigenvalue weighted by Crippen LogP contribution is 2.35. The molecular formula is C13H19Cl2N3O2S. The third kappa shape index (κ3) is 3.00. The van der Waals surface area contributed by atoms with Crippen molar-refractivity contribution in [3.05, 3.63) is 22.2 Å². The molecule has 118 valence electrons. The van der Waals surface area contributed by atoms with Gasteiger partial charge in [-0.1, -0.05) is 23.2 Å². The Labute approximate surface area is 135 Å². The van der Waals surface area contributed by atoms with Crippen molar-refractivity contribution in [2.75, 3.05) is 25.9 Å². The van der Waals surface area contributed by atoms with Crippen molar-refractivity contribution in [2.24, 2.45) is 0 Å². The highest BCUT2D eigenvalue weighted by atomic mass is 35.5. The average molecular weight is 352 g/mol. The van der Waals surface area contributed by atoms with Crippen molar-refractivity contribution >= 4 is 38.9 Å². The molecule has 0 aliphatic carbocycles. The average Bonchev–Trinajstić information content (AvgIpc) is 2.41. The number of nitrogens with zero attached hydrogens (tertiary/aromatic N) is 2. The van der Waals surface area contributed by atoms with Crippen LogP contribution < -0.4 is 5.73 Å². The SMILES string of the molecule is CC1CN(S(=O)(=O)c2ccc(Cl)c(N)c2Cl)CC(C)N1C. The fourth-order valence-electron chi connectivity index (χ4n) is 2.44. The van der Waals surface area contributed by atoms with Gasteiger partial charge in [0.15, 0.2) is 0 Å². The fourth-order valence-corrected chi connectivity index (χ4v) is 4.78. The number of nitrogens with two attached hydrogens (primary N) is 1. The van der Waals surface area contributed by atoms with Gasteiger partial charge >= 0.3 is 0 Å². The van der Waals surface area contributed by atoms with Crippen molar-refractivity contribution in [1.29, 1.82) is 0 Å². The summed E-state index contributed by atoms with van der Waals surface area (Å²) in [5.41, 5.74) is 5.82. The van der Waals surface area contributed by atoms with Crippen molar-refractivity contribution in [3.8, 4) is 0 Å². The number of nitrogen functional groups attached to an aromatic ring is 1. The molecule has 2 N–H and O–H groups in total. The van der Waals surface area contributed by atoms with E-state index in [9.17, 15) is 8.42 Å². The number of rotatable bonds is 2. The van der Waals surface area contributed by atoms with E-state index in [1.54, 1.807) is 0 Å². The molecule has 0 radical (unpaired) electrons. The summed E-state index contributed by atoms with van der Waals surface area (Å²) in [6, 6.07) is 3.13. The molecule has 0 amide bonds. The van der Waals surface area contributed by atoms with Crippen LogP contribution in [0.4, 0.5) is 5.69 Å². The van der Waals surface area contributed by atoms with E-state index in [1.165, 1.54) is 16.4 Å². The maximum Gasteiger partial charge on any atom is 0.244 e. The summed E-state index contributed by atoms with van der Waals surface area (Å²) in [6.07, 6.45) is 0. The minimum Gasteiger partial charge on any atom is -0.396 e. The Morgan fingerprint density at radius 1 is 1.19 bits per heavy atom. The van der Waals surface area contributed by atoms with E-state index in [4.69, 9.17) is 28.9 Å². The molecule has 1 aromatic carbocycles. The highest BCUT2D eigenvalue weighted by Gasteiger charge is 2.35. The number of piperazine rings is 1. The Morgan fingerprint density at radius 3 is 2.24 bits per heavy atom. The second-order valence-corrected chi connectivity index (χ2v) is 8.15. The van der Waals surface area contributed by atoms with Gasteiger partial charge in [0.2, 0.25) is 10.0 Å². The molecule has 21 heavy (non-hydrogen) atoms. The number of sulfonamides is 1. The normalized spacial score (nSPS) is 25.2. The zero-order valence-corrected chi connectivity index (χ0v) is 14.5. The molecule has 5 nitrogen and oxygen atoms in total. The molecule has 0 saturated carbocycles. The van der Waals surface area contributed by atoms with Gasteiger partial charge in [-0.25, -0.2) is 8.42 Å². The summed E-state index contributed by atoms with van der Waals surface area (Å²) in [4.78, 5) is 2.17. The van der Waals surface area contributed by atoms with Gasteiger partial charge in [-0.2, -0.15) is 4.31 Å². The molecule has 2 rings (SSSR count). The lowest BCUT2D eigenvalue weighted by Crippen LogP contribution is -2.56. The first-order valence-corrected chi connectivity index (χ1v) is 8.81. The molecule has 1 aromatic rings. The zero-order chi connectivity index (χ0) is 15.9. The summed E-state index contributed by atoms with van der Waals surface area (Å²) in [5, 5.41) is 0.237. The van der Waals surface area contributed by atoms with E-state index in [0.29, 0.717) is 13.1 Å². The molecule has 1 aliphatic heterocycles. The second-order valence-electron chi connectivity index (χ2n) is 5.46. The number of benzene rings is 1. The lowest BCUT2D eigenvalue weighted by atomic mass is 10.1. The molecule has 2 atom stereocenters. The third-order valence-corrected chi connectivity index (χ3v) is 6.76. The Kier molecular flexibility index (Phi) is 4.75. The van der Waals surface area contributed by atoms with Crippen LogP contribution in [0.1, 0.15) is 13.8 Å². The molecule has 1 aliphatic rings. The quantitative estimate of drug-likeness (QED) is 0.830. The molecule has 0 bridgehead atoms. The second kappa shape index (κ2) is 5.93. The van der Waals surface area contributed by atoms with Crippen LogP contribution in [0, 0.1) is 0 Å². The van der Waals surface area contributed by atoms with Gasteiger partial charge < -0.3 is 5.73 Å². The number of anilines is 1. The minimum absolute atomic E-state index is 0.00928. The topological polar surface area (TPSA) is 66.6 Å². The van der Waals surface area contributed by atoms with Crippen molar-refractivity contribution < 1.29 is 8.42 Å². The smallest absolute Gasteiger partial charge is 0.244 e. The first kappa shape index (κ1) is 16.8. The van der Waals surface area contributed by atoms with E-state index in [-0.39, 0.29) is 32.7 Å². The van der Waals surface area contributed by atoms with Gasteiger partial charge in [-0.3, -0.25) is 4.90 Å². The van der Waals surface area contributed by atoms with E-state index in [1.807, 2.05) is 20.9 Å². The first-order valence-electron chi connectivity index (χ1n) is 6.61. The van der Waals surface area contributed by atoms with Gasteiger partial charge in [-0.15, -0.1) is 0 Å². The standard InChI is InChI=1S/C13H19Cl2N3O2S/c1-8-6-18(7-9(2)17(8)3)21(19,20)11-5-4-10(14)13(16)12(11)15/h4-5,8-9H,6-7,16H2,1-3H3. The summed E-state index contributed by atoms with van der Waals surface area (Å²) in [6.45, 7) is 4.83. The Hall–Kier alpha value is -0.530. The lowest BCUT2D eigenvalue weighted by molar-refractivity contribution is 0.105. The van der Waals surface area contributed by atoms with Crippen LogP contribution in [-0.4, -0.2) is 49.8 Å².